The van der Waals surface area contributed by atoms with Crippen LogP contribution in [0.25, 0.3) is 0 Å². The lowest BCUT2D eigenvalue weighted by molar-refractivity contribution is 0.326. The molecule has 2 fully saturated rings. The van der Waals surface area contributed by atoms with Gasteiger partial charge in [-0.15, -0.1) is 4.91 Å². The van der Waals surface area contributed by atoms with E-state index in [9.17, 15) is 4.91 Å². The van der Waals surface area contributed by atoms with Crippen LogP contribution in [0.2, 0.25) is 0 Å². The van der Waals surface area contributed by atoms with Gasteiger partial charge in [-0.2, -0.15) is 0 Å². The molecule has 0 spiro atoms. The number of aryl methyl sites for hydroxylation is 1. The van der Waals surface area contributed by atoms with Gasteiger partial charge in [-0.05, 0) is 56.3 Å². The van der Waals surface area contributed by atoms with Crippen molar-refractivity contribution in [3.05, 3.63) is 34.7 Å². The summed E-state index contributed by atoms with van der Waals surface area (Å²) in [6.45, 7) is 3.26. The van der Waals surface area contributed by atoms with Crippen molar-refractivity contribution in [2.24, 2.45) is 11.2 Å². The number of anilines is 1. The van der Waals surface area contributed by atoms with Crippen molar-refractivity contribution >= 4 is 5.69 Å². The second kappa shape index (κ2) is 7.39. The lowest BCUT2D eigenvalue weighted by atomic mass is 9.86. The molecule has 4 nitrogen and oxygen atoms in total. The molecule has 1 aromatic carbocycles. The van der Waals surface area contributed by atoms with Gasteiger partial charge in [0.2, 0.25) is 0 Å². The zero-order chi connectivity index (χ0) is 14.4. The van der Waals surface area contributed by atoms with E-state index in [0.717, 1.165) is 23.2 Å². The average Bonchev–Trinajstić information content (AvgIpc) is 2.95. The highest BCUT2D eigenvalue weighted by Crippen LogP contribution is 2.29. The summed E-state index contributed by atoms with van der Waals surface area (Å²) in [5.74, 6) is 1.05. The summed E-state index contributed by atoms with van der Waals surface area (Å²) in [6.07, 6.45) is 7.35. The standard InChI is InChI=1S/C8H10N2O.C8H15N/c1-7-4-3-5-8(6-7)10(2)9-11;1-2-4-8-7(3-1)5-6-9-8/h3-6H,1-2H3;7-9H,1-6H2. The third-order valence-corrected chi connectivity index (χ3v) is 4.33. The summed E-state index contributed by atoms with van der Waals surface area (Å²) in [5, 5.41) is 7.64. The minimum Gasteiger partial charge on any atom is -0.314 e. The van der Waals surface area contributed by atoms with Crippen molar-refractivity contribution in [3.63, 3.8) is 0 Å². The van der Waals surface area contributed by atoms with Crippen LogP contribution in [-0.4, -0.2) is 19.6 Å². The topological polar surface area (TPSA) is 44.7 Å². The first-order valence-electron chi connectivity index (χ1n) is 7.58. The highest BCUT2D eigenvalue weighted by molar-refractivity contribution is 5.46. The SMILES string of the molecule is C1CCC2NCCC2C1.Cc1cccc(N(C)N=O)c1. The first-order chi connectivity index (χ1) is 9.70. The van der Waals surface area contributed by atoms with Crippen LogP contribution >= 0.6 is 0 Å². The third-order valence-electron chi connectivity index (χ3n) is 4.33. The van der Waals surface area contributed by atoms with E-state index in [2.05, 4.69) is 10.6 Å². The smallest absolute Gasteiger partial charge is 0.0625 e. The predicted octanol–water partition coefficient (Wildman–Crippen LogP) is 3.65. The Labute approximate surface area is 121 Å². The molecule has 0 bridgehead atoms. The Bertz CT molecular complexity index is 423. The monoisotopic (exact) mass is 275 g/mol. The van der Waals surface area contributed by atoms with E-state index in [1.807, 2.05) is 31.2 Å². The molecule has 20 heavy (non-hydrogen) atoms. The number of nitrogens with one attached hydrogen (secondary N) is 1. The van der Waals surface area contributed by atoms with E-state index < -0.39 is 0 Å². The molecular weight excluding hydrogens is 250 g/mol. The minimum atomic E-state index is 0.819. The first kappa shape index (κ1) is 15.0. The van der Waals surface area contributed by atoms with Crippen molar-refractivity contribution in [1.82, 2.24) is 5.32 Å². The molecule has 1 aliphatic heterocycles. The summed E-state index contributed by atoms with van der Waals surface area (Å²) in [4.78, 5) is 10.1. The fourth-order valence-corrected chi connectivity index (χ4v) is 3.15. The van der Waals surface area contributed by atoms with Crippen molar-refractivity contribution in [2.45, 2.75) is 45.1 Å². The average molecular weight is 275 g/mol. The fourth-order valence-electron chi connectivity index (χ4n) is 3.15. The Morgan fingerprint density at radius 1 is 1.25 bits per heavy atom. The maximum absolute atomic E-state index is 10.1. The second-order valence-corrected chi connectivity index (χ2v) is 5.84. The van der Waals surface area contributed by atoms with E-state index in [1.165, 1.54) is 43.7 Å². The Morgan fingerprint density at radius 3 is 2.75 bits per heavy atom. The predicted molar refractivity (Wildman–Crippen MR) is 83.7 cm³/mol. The van der Waals surface area contributed by atoms with Gasteiger partial charge in [-0.1, -0.05) is 25.0 Å². The summed E-state index contributed by atoms with van der Waals surface area (Å²) >= 11 is 0. The molecule has 1 saturated heterocycles. The van der Waals surface area contributed by atoms with Crippen molar-refractivity contribution in [1.29, 1.82) is 0 Å². The molecule has 1 N–H and O–H groups in total. The molecule has 2 unspecified atom stereocenters. The highest BCUT2D eigenvalue weighted by Gasteiger charge is 2.28. The lowest BCUT2D eigenvalue weighted by Crippen LogP contribution is -2.29. The zero-order valence-electron chi connectivity index (χ0n) is 12.5. The van der Waals surface area contributed by atoms with Crippen LogP contribution in [0, 0.1) is 17.7 Å². The van der Waals surface area contributed by atoms with E-state index in [-0.39, 0.29) is 0 Å². The van der Waals surface area contributed by atoms with Gasteiger partial charge >= 0.3 is 0 Å². The van der Waals surface area contributed by atoms with Crippen LogP contribution in [0.1, 0.15) is 37.7 Å². The molecule has 0 aromatic heterocycles. The van der Waals surface area contributed by atoms with E-state index in [0.29, 0.717) is 0 Å². The Morgan fingerprint density at radius 2 is 2.05 bits per heavy atom. The summed E-state index contributed by atoms with van der Waals surface area (Å²) in [7, 11) is 1.63. The number of benzene rings is 1. The number of hydrogen-bond donors (Lipinski definition) is 1. The maximum Gasteiger partial charge on any atom is 0.0625 e. The van der Waals surface area contributed by atoms with Crippen molar-refractivity contribution in [2.75, 3.05) is 18.6 Å². The van der Waals surface area contributed by atoms with Crippen LogP contribution in [0.15, 0.2) is 29.6 Å². The van der Waals surface area contributed by atoms with Gasteiger partial charge < -0.3 is 5.32 Å². The largest absolute Gasteiger partial charge is 0.314 e. The summed E-state index contributed by atoms with van der Waals surface area (Å²) in [5.41, 5.74) is 1.94. The molecule has 2 atom stereocenters. The van der Waals surface area contributed by atoms with Gasteiger partial charge in [0.1, 0.15) is 0 Å². The van der Waals surface area contributed by atoms with Crippen LogP contribution < -0.4 is 10.3 Å². The Hall–Kier alpha value is -1.42. The van der Waals surface area contributed by atoms with Gasteiger partial charge in [-0.25, -0.2) is 5.01 Å². The zero-order valence-corrected chi connectivity index (χ0v) is 12.5. The molecule has 1 aliphatic carbocycles. The molecule has 0 radical (unpaired) electrons. The fraction of sp³-hybridized carbons (Fsp3) is 0.625. The molecule has 3 rings (SSSR count). The van der Waals surface area contributed by atoms with Gasteiger partial charge in [0, 0.05) is 13.1 Å². The van der Waals surface area contributed by atoms with Crippen LogP contribution in [0.4, 0.5) is 5.69 Å². The number of rotatable bonds is 2. The van der Waals surface area contributed by atoms with E-state index in [4.69, 9.17) is 0 Å². The normalized spacial score (nSPS) is 24.3. The molecular formula is C16H25N3O. The van der Waals surface area contributed by atoms with Crippen LogP contribution in [0.5, 0.6) is 0 Å². The number of hydrogen-bond acceptors (Lipinski definition) is 3. The first-order valence-corrected chi connectivity index (χ1v) is 7.58. The van der Waals surface area contributed by atoms with Gasteiger partial charge in [0.25, 0.3) is 0 Å². The molecule has 4 heteroatoms. The molecule has 0 amide bonds. The number of fused-ring (bicyclic) bond motifs is 1. The van der Waals surface area contributed by atoms with Gasteiger partial charge in [-0.3, -0.25) is 0 Å². The minimum absolute atomic E-state index is 0.819. The molecule has 1 saturated carbocycles. The summed E-state index contributed by atoms with van der Waals surface area (Å²) < 4.78 is 0. The van der Waals surface area contributed by atoms with E-state index >= 15 is 0 Å². The van der Waals surface area contributed by atoms with Crippen molar-refractivity contribution < 1.29 is 0 Å². The van der Waals surface area contributed by atoms with Gasteiger partial charge in [0.05, 0.1) is 11.0 Å². The lowest BCUT2D eigenvalue weighted by Gasteiger charge is -2.24. The Balaban J connectivity index is 0.000000149. The quantitative estimate of drug-likeness (QED) is 0.662. The second-order valence-electron chi connectivity index (χ2n) is 5.84. The van der Waals surface area contributed by atoms with Crippen molar-refractivity contribution in [3.8, 4) is 0 Å². The molecule has 1 heterocycles. The molecule has 110 valence electrons. The van der Waals surface area contributed by atoms with E-state index in [1.54, 1.807) is 7.05 Å². The highest BCUT2D eigenvalue weighted by atomic mass is 16.3. The van der Waals surface area contributed by atoms with Crippen LogP contribution in [0.3, 0.4) is 0 Å². The maximum atomic E-state index is 10.1. The third kappa shape index (κ3) is 4.04. The summed E-state index contributed by atoms with van der Waals surface area (Å²) in [6, 6.07) is 8.53. The molecule has 1 aromatic rings. The van der Waals surface area contributed by atoms with Crippen LogP contribution in [-0.2, 0) is 0 Å². The number of nitrogens with zero attached hydrogens (tertiary/aromatic N) is 2. The number of nitroso groups, excluding NO2 is 1. The molecule has 2 aliphatic rings. The van der Waals surface area contributed by atoms with Gasteiger partial charge in [0.15, 0.2) is 0 Å². The Kier molecular flexibility index (Phi) is 5.53.